The Morgan fingerprint density at radius 1 is 1.14 bits per heavy atom. The van der Waals surface area contributed by atoms with Crippen LogP contribution in [0.1, 0.15) is 20.7 Å². The van der Waals surface area contributed by atoms with Crippen LogP contribution in [0.25, 0.3) is 0 Å². The number of anilines is 1. The SMILES string of the molecule is O=C(Nc1ccc(Cl)cc1C(=O)O)c1cc(I)ccc1Br. The van der Waals surface area contributed by atoms with Crippen LogP contribution in [0, 0.1) is 3.57 Å². The summed E-state index contributed by atoms with van der Waals surface area (Å²) in [6.07, 6.45) is 0. The van der Waals surface area contributed by atoms with E-state index >= 15 is 0 Å². The number of nitrogens with one attached hydrogen (secondary N) is 1. The summed E-state index contributed by atoms with van der Waals surface area (Å²) in [6, 6.07) is 9.60. The molecule has 0 saturated carbocycles. The molecule has 4 nitrogen and oxygen atoms in total. The second kappa shape index (κ2) is 6.76. The fourth-order valence-corrected chi connectivity index (χ4v) is 2.75. The Morgan fingerprint density at radius 3 is 2.52 bits per heavy atom. The number of halogens is 3. The van der Waals surface area contributed by atoms with Crippen molar-refractivity contribution in [3.05, 3.63) is 60.6 Å². The molecule has 2 rings (SSSR count). The van der Waals surface area contributed by atoms with E-state index in [1.54, 1.807) is 12.1 Å². The third-order valence-electron chi connectivity index (χ3n) is 2.63. The standard InChI is InChI=1S/C14H8BrClINO3/c15-11-3-2-8(17)6-9(11)13(19)18-12-4-1-7(16)5-10(12)14(20)21/h1-6H,(H,18,19)(H,20,21). The van der Waals surface area contributed by atoms with Crippen molar-refractivity contribution in [3.63, 3.8) is 0 Å². The van der Waals surface area contributed by atoms with Crippen LogP contribution in [0.15, 0.2) is 40.9 Å². The van der Waals surface area contributed by atoms with E-state index < -0.39 is 11.9 Å². The molecule has 0 fully saturated rings. The van der Waals surface area contributed by atoms with Crippen molar-refractivity contribution in [2.45, 2.75) is 0 Å². The summed E-state index contributed by atoms with van der Waals surface area (Å²) in [7, 11) is 0. The van der Waals surface area contributed by atoms with Gasteiger partial charge in [0.25, 0.3) is 5.91 Å². The fourth-order valence-electron chi connectivity index (χ4n) is 1.66. The fraction of sp³-hybridized carbons (Fsp3) is 0. The highest BCUT2D eigenvalue weighted by molar-refractivity contribution is 14.1. The topological polar surface area (TPSA) is 66.4 Å². The molecule has 0 aliphatic carbocycles. The molecule has 0 radical (unpaired) electrons. The van der Waals surface area contributed by atoms with Crippen molar-refractivity contribution in [2.24, 2.45) is 0 Å². The van der Waals surface area contributed by atoms with E-state index in [2.05, 4.69) is 43.8 Å². The average molecular weight is 480 g/mol. The molecule has 0 bridgehead atoms. The maximum atomic E-state index is 12.3. The first-order chi connectivity index (χ1) is 9.88. The number of carboxylic acid groups (broad SMARTS) is 1. The minimum Gasteiger partial charge on any atom is -0.478 e. The van der Waals surface area contributed by atoms with Crippen LogP contribution in [0.5, 0.6) is 0 Å². The Hall–Kier alpha value is -1.12. The molecule has 2 N–H and O–H groups in total. The third-order valence-corrected chi connectivity index (χ3v) is 4.23. The quantitative estimate of drug-likeness (QED) is 0.629. The first-order valence-corrected chi connectivity index (χ1v) is 7.92. The van der Waals surface area contributed by atoms with E-state index in [1.807, 2.05) is 6.07 Å². The molecule has 21 heavy (non-hydrogen) atoms. The van der Waals surface area contributed by atoms with Crippen molar-refractivity contribution in [2.75, 3.05) is 5.32 Å². The molecular formula is C14H8BrClINO3. The predicted molar refractivity (Wildman–Crippen MR) is 93.2 cm³/mol. The molecule has 0 unspecified atom stereocenters. The number of carbonyl (C=O) groups excluding carboxylic acids is 1. The summed E-state index contributed by atoms with van der Waals surface area (Å²) in [5.41, 5.74) is 0.563. The van der Waals surface area contributed by atoms with Gasteiger partial charge in [-0.15, -0.1) is 0 Å². The molecule has 2 aromatic carbocycles. The van der Waals surface area contributed by atoms with Crippen molar-refractivity contribution < 1.29 is 14.7 Å². The molecular weight excluding hydrogens is 472 g/mol. The molecule has 0 aliphatic rings. The maximum absolute atomic E-state index is 12.3. The number of carbonyl (C=O) groups is 2. The zero-order chi connectivity index (χ0) is 15.6. The van der Waals surface area contributed by atoms with Crippen LogP contribution < -0.4 is 5.32 Å². The number of benzene rings is 2. The molecule has 0 aliphatic heterocycles. The number of hydrogen-bond acceptors (Lipinski definition) is 2. The van der Waals surface area contributed by atoms with Gasteiger partial charge in [-0.3, -0.25) is 4.79 Å². The smallest absolute Gasteiger partial charge is 0.337 e. The van der Waals surface area contributed by atoms with Gasteiger partial charge in [0.2, 0.25) is 0 Å². The van der Waals surface area contributed by atoms with Crippen LogP contribution in [0.4, 0.5) is 5.69 Å². The largest absolute Gasteiger partial charge is 0.478 e. The van der Waals surface area contributed by atoms with Gasteiger partial charge in [0.1, 0.15) is 0 Å². The molecule has 2 aromatic rings. The van der Waals surface area contributed by atoms with Crippen LogP contribution in [0.3, 0.4) is 0 Å². The Morgan fingerprint density at radius 2 is 1.86 bits per heavy atom. The molecule has 108 valence electrons. The van der Waals surface area contributed by atoms with E-state index in [0.717, 1.165) is 3.57 Å². The Kier molecular flexibility index (Phi) is 5.23. The summed E-state index contributed by atoms with van der Waals surface area (Å²) in [5.74, 6) is -1.56. The summed E-state index contributed by atoms with van der Waals surface area (Å²) < 4.78 is 1.53. The van der Waals surface area contributed by atoms with Crippen molar-refractivity contribution in [1.29, 1.82) is 0 Å². The average Bonchev–Trinajstić information content (AvgIpc) is 2.43. The van der Waals surface area contributed by atoms with Gasteiger partial charge < -0.3 is 10.4 Å². The molecule has 0 spiro atoms. The third kappa shape index (κ3) is 3.96. The van der Waals surface area contributed by atoms with Crippen LogP contribution >= 0.6 is 50.1 Å². The van der Waals surface area contributed by atoms with Crippen molar-refractivity contribution in [3.8, 4) is 0 Å². The van der Waals surface area contributed by atoms with Gasteiger partial charge in [0, 0.05) is 13.1 Å². The predicted octanol–water partition coefficient (Wildman–Crippen LogP) is 4.66. The minimum atomic E-state index is -1.16. The zero-order valence-corrected chi connectivity index (χ0v) is 14.9. The lowest BCUT2D eigenvalue weighted by Crippen LogP contribution is -2.15. The molecule has 0 atom stereocenters. The summed E-state index contributed by atoms with van der Waals surface area (Å²) in [6.45, 7) is 0. The van der Waals surface area contributed by atoms with Gasteiger partial charge in [0.05, 0.1) is 16.8 Å². The highest BCUT2D eigenvalue weighted by atomic mass is 127. The minimum absolute atomic E-state index is 0.0578. The van der Waals surface area contributed by atoms with Gasteiger partial charge in [-0.2, -0.15) is 0 Å². The number of amides is 1. The van der Waals surface area contributed by atoms with Gasteiger partial charge in [-0.1, -0.05) is 11.6 Å². The Bertz CT molecular complexity index is 736. The first kappa shape index (κ1) is 16.3. The van der Waals surface area contributed by atoms with E-state index in [9.17, 15) is 9.59 Å². The molecule has 7 heteroatoms. The van der Waals surface area contributed by atoms with E-state index in [0.29, 0.717) is 15.1 Å². The lowest BCUT2D eigenvalue weighted by Gasteiger charge is -2.10. The lowest BCUT2D eigenvalue weighted by atomic mass is 10.1. The molecule has 0 saturated heterocycles. The maximum Gasteiger partial charge on any atom is 0.337 e. The van der Waals surface area contributed by atoms with Gasteiger partial charge in [-0.05, 0) is 74.9 Å². The van der Waals surface area contributed by atoms with E-state index in [-0.39, 0.29) is 11.3 Å². The van der Waals surface area contributed by atoms with Gasteiger partial charge >= 0.3 is 5.97 Å². The second-order valence-electron chi connectivity index (χ2n) is 4.07. The normalized spacial score (nSPS) is 10.2. The molecule has 0 aromatic heterocycles. The van der Waals surface area contributed by atoms with Crippen LogP contribution in [0.2, 0.25) is 5.02 Å². The molecule has 1 amide bonds. The van der Waals surface area contributed by atoms with E-state index in [1.165, 1.54) is 18.2 Å². The van der Waals surface area contributed by atoms with Crippen LogP contribution in [-0.4, -0.2) is 17.0 Å². The highest BCUT2D eigenvalue weighted by Gasteiger charge is 2.16. The number of hydrogen-bond donors (Lipinski definition) is 2. The van der Waals surface area contributed by atoms with Crippen molar-refractivity contribution in [1.82, 2.24) is 0 Å². The van der Waals surface area contributed by atoms with Gasteiger partial charge in [0.15, 0.2) is 0 Å². The first-order valence-electron chi connectivity index (χ1n) is 5.67. The zero-order valence-electron chi connectivity index (χ0n) is 10.4. The Balaban J connectivity index is 2.36. The summed E-state index contributed by atoms with van der Waals surface area (Å²) in [5, 5.41) is 12.0. The lowest BCUT2D eigenvalue weighted by molar-refractivity contribution is 0.0698. The van der Waals surface area contributed by atoms with Crippen molar-refractivity contribution >= 4 is 67.7 Å². The number of aromatic carboxylic acids is 1. The summed E-state index contributed by atoms with van der Waals surface area (Å²) >= 11 is 11.2. The highest BCUT2D eigenvalue weighted by Crippen LogP contribution is 2.24. The Labute approximate surface area is 147 Å². The molecule has 0 heterocycles. The summed E-state index contributed by atoms with van der Waals surface area (Å²) in [4.78, 5) is 23.5. The second-order valence-corrected chi connectivity index (χ2v) is 6.61. The van der Waals surface area contributed by atoms with E-state index in [4.69, 9.17) is 16.7 Å². The monoisotopic (exact) mass is 479 g/mol. The van der Waals surface area contributed by atoms with Gasteiger partial charge in [-0.25, -0.2) is 4.79 Å². The van der Waals surface area contributed by atoms with Crippen LogP contribution in [-0.2, 0) is 0 Å². The number of rotatable bonds is 3. The number of carboxylic acids is 1.